The van der Waals surface area contributed by atoms with Crippen LogP contribution in [-0.4, -0.2) is 47.8 Å². The molecular weight excluding hydrogens is 501 g/mol. The van der Waals surface area contributed by atoms with Crippen LogP contribution in [0.2, 0.25) is 0 Å². The zero-order chi connectivity index (χ0) is 25.2. The molecule has 0 spiro atoms. The van der Waals surface area contributed by atoms with Crippen LogP contribution in [0.25, 0.3) is 16.6 Å². The summed E-state index contributed by atoms with van der Waals surface area (Å²) in [4.78, 5) is 28.4. The van der Waals surface area contributed by atoms with Gasteiger partial charge in [-0.05, 0) is 53.6 Å². The molecule has 37 heavy (non-hydrogen) atoms. The van der Waals surface area contributed by atoms with Crippen molar-refractivity contribution in [2.45, 2.75) is 6.42 Å². The SMILES string of the molecule is CN(C)c1cccc(C/C(C(=O)c2ccc3c(c2)OCCO3)=C(\C(=O)[O-])c2ccc3nsnc3c2)c1.[Na+]. The number of carboxylic acids is 1. The third-order valence-electron chi connectivity index (χ3n) is 5.93. The molecule has 0 fully saturated rings. The van der Waals surface area contributed by atoms with Crippen molar-refractivity contribution in [1.29, 1.82) is 0 Å². The number of ketones is 1. The molecule has 10 heteroatoms. The molecule has 1 aliphatic heterocycles. The van der Waals surface area contributed by atoms with E-state index in [1.165, 1.54) is 0 Å². The summed E-state index contributed by atoms with van der Waals surface area (Å²) in [6, 6.07) is 17.4. The number of ether oxygens (including phenoxy) is 2. The molecule has 1 aromatic heterocycles. The summed E-state index contributed by atoms with van der Waals surface area (Å²) in [5.41, 5.74) is 3.48. The molecule has 8 nitrogen and oxygen atoms in total. The van der Waals surface area contributed by atoms with E-state index in [1.807, 2.05) is 43.3 Å². The Kier molecular flexibility index (Phi) is 8.29. The number of hydrogen-bond donors (Lipinski definition) is 0. The Morgan fingerprint density at radius 2 is 1.65 bits per heavy atom. The van der Waals surface area contributed by atoms with Gasteiger partial charge in [-0.1, -0.05) is 18.2 Å². The first kappa shape index (κ1) is 26.8. The second-order valence-electron chi connectivity index (χ2n) is 8.54. The van der Waals surface area contributed by atoms with Crippen molar-refractivity contribution in [3.8, 4) is 11.5 Å². The summed E-state index contributed by atoms with van der Waals surface area (Å²) in [6.07, 6.45) is 0.0889. The van der Waals surface area contributed by atoms with Crippen molar-refractivity contribution in [2.75, 3.05) is 32.2 Å². The van der Waals surface area contributed by atoms with Gasteiger partial charge in [0.15, 0.2) is 17.3 Å². The molecule has 5 rings (SSSR count). The maximum atomic E-state index is 13.9. The van der Waals surface area contributed by atoms with Crippen LogP contribution in [0.5, 0.6) is 11.5 Å². The van der Waals surface area contributed by atoms with Gasteiger partial charge in [-0.3, -0.25) is 4.79 Å². The van der Waals surface area contributed by atoms with E-state index in [0.29, 0.717) is 46.9 Å². The largest absolute Gasteiger partial charge is 1.00 e. The first-order valence-corrected chi connectivity index (χ1v) is 12.0. The minimum atomic E-state index is -1.44. The number of aliphatic carboxylic acids is 1. The van der Waals surface area contributed by atoms with Gasteiger partial charge in [0, 0.05) is 42.9 Å². The predicted molar refractivity (Wildman–Crippen MR) is 136 cm³/mol. The van der Waals surface area contributed by atoms with Gasteiger partial charge in [0.05, 0.1) is 17.7 Å². The Labute approximate surface area is 240 Å². The third-order valence-corrected chi connectivity index (χ3v) is 6.49. The van der Waals surface area contributed by atoms with Crippen LogP contribution in [0.4, 0.5) is 5.69 Å². The summed E-state index contributed by atoms with van der Waals surface area (Å²) in [6.45, 7) is 0.799. The Morgan fingerprint density at radius 1 is 0.919 bits per heavy atom. The molecule has 2 heterocycles. The molecule has 0 aliphatic carbocycles. The summed E-state index contributed by atoms with van der Waals surface area (Å²) >= 11 is 1.04. The first-order chi connectivity index (χ1) is 17.4. The van der Waals surface area contributed by atoms with E-state index in [4.69, 9.17) is 9.47 Å². The molecule has 0 bridgehead atoms. The van der Waals surface area contributed by atoms with Gasteiger partial charge in [-0.2, -0.15) is 8.75 Å². The van der Waals surface area contributed by atoms with E-state index in [1.54, 1.807) is 36.4 Å². The fourth-order valence-electron chi connectivity index (χ4n) is 4.14. The van der Waals surface area contributed by atoms with Gasteiger partial charge in [0.1, 0.15) is 24.2 Å². The van der Waals surface area contributed by atoms with Crippen LogP contribution in [0, 0.1) is 0 Å². The van der Waals surface area contributed by atoms with E-state index in [9.17, 15) is 14.7 Å². The predicted octanol–water partition coefficient (Wildman–Crippen LogP) is 0.162. The van der Waals surface area contributed by atoms with E-state index in [-0.39, 0.29) is 47.1 Å². The number of fused-ring (bicyclic) bond motifs is 2. The average molecular weight is 524 g/mol. The fourth-order valence-corrected chi connectivity index (χ4v) is 4.66. The van der Waals surface area contributed by atoms with Gasteiger partial charge in [-0.25, -0.2) is 0 Å². The molecule has 0 amide bonds. The molecule has 4 aromatic rings. The van der Waals surface area contributed by atoms with Gasteiger partial charge >= 0.3 is 29.6 Å². The molecule has 1 aliphatic rings. The Morgan fingerprint density at radius 3 is 2.41 bits per heavy atom. The molecule has 0 N–H and O–H groups in total. The number of rotatable bonds is 7. The minimum absolute atomic E-state index is 0. The van der Waals surface area contributed by atoms with Crippen LogP contribution in [-0.2, 0) is 11.2 Å². The van der Waals surface area contributed by atoms with Crippen LogP contribution < -0.4 is 49.0 Å². The van der Waals surface area contributed by atoms with Crippen LogP contribution >= 0.6 is 11.7 Å². The number of carbonyl (C=O) groups excluding carboxylic acids is 2. The topological polar surface area (TPSA) is 105 Å². The number of Topliss-reactive ketones (excluding diaryl/α,β-unsaturated/α-hetero) is 1. The van der Waals surface area contributed by atoms with E-state index < -0.39 is 11.8 Å². The Balaban J connectivity index is 0.00000320. The standard InChI is InChI=1S/C27H23N3O5S.Na/c1-30(2)19-5-3-4-16(12-19)13-20(26(31)18-7-9-23-24(15-18)35-11-10-34-23)25(27(32)33)17-6-8-21-22(14-17)29-36-28-21;/h3-9,12,14-15H,10-11,13H2,1-2H3,(H,32,33);/q;+1/p-1/b25-20+;. The van der Waals surface area contributed by atoms with Gasteiger partial charge in [-0.15, -0.1) is 0 Å². The van der Waals surface area contributed by atoms with Gasteiger partial charge in [0.25, 0.3) is 0 Å². The van der Waals surface area contributed by atoms with Gasteiger partial charge < -0.3 is 24.3 Å². The number of hydrogen-bond acceptors (Lipinski definition) is 9. The smallest absolute Gasteiger partial charge is 0.545 e. The first-order valence-electron chi connectivity index (χ1n) is 11.3. The average Bonchev–Trinajstić information content (AvgIpc) is 3.35. The summed E-state index contributed by atoms with van der Waals surface area (Å²) < 4.78 is 19.6. The summed E-state index contributed by atoms with van der Waals surface area (Å²) in [7, 11) is 3.83. The quantitative estimate of drug-likeness (QED) is 0.192. The molecule has 3 aromatic carbocycles. The monoisotopic (exact) mass is 523 g/mol. The van der Waals surface area contributed by atoms with Crippen LogP contribution in [0.1, 0.15) is 21.5 Å². The number of benzene rings is 3. The number of nitrogens with zero attached hydrogens (tertiary/aromatic N) is 3. The number of allylic oxidation sites excluding steroid dienone is 1. The number of aromatic nitrogens is 2. The van der Waals surface area contributed by atoms with E-state index in [0.717, 1.165) is 23.0 Å². The molecule has 0 saturated carbocycles. The maximum Gasteiger partial charge on any atom is 1.00 e. The van der Waals surface area contributed by atoms with E-state index in [2.05, 4.69) is 8.75 Å². The zero-order valence-electron chi connectivity index (χ0n) is 20.7. The Bertz CT molecular complexity index is 1510. The molecule has 0 unspecified atom stereocenters. The number of carboxylic acid groups (broad SMARTS) is 1. The van der Waals surface area contributed by atoms with Crippen molar-refractivity contribution in [2.24, 2.45) is 0 Å². The third kappa shape index (κ3) is 5.70. The second kappa shape index (κ2) is 11.4. The number of carbonyl (C=O) groups is 2. The summed E-state index contributed by atoms with van der Waals surface area (Å²) in [5, 5.41) is 12.5. The molecule has 0 radical (unpaired) electrons. The van der Waals surface area contributed by atoms with Crippen molar-refractivity contribution >= 4 is 45.8 Å². The fraction of sp³-hybridized carbons (Fsp3) is 0.185. The maximum absolute atomic E-state index is 13.9. The summed E-state index contributed by atoms with van der Waals surface area (Å²) in [5.74, 6) is -0.880. The van der Waals surface area contributed by atoms with Crippen LogP contribution in [0.15, 0.2) is 66.2 Å². The van der Waals surface area contributed by atoms with Crippen LogP contribution in [0.3, 0.4) is 0 Å². The van der Waals surface area contributed by atoms with E-state index >= 15 is 0 Å². The van der Waals surface area contributed by atoms with Crippen molar-refractivity contribution < 1.29 is 53.7 Å². The molecule has 0 saturated heterocycles. The molecule has 182 valence electrons. The molecule has 0 atom stereocenters. The number of anilines is 1. The molecular formula is C27H22N3NaO5S. The Hall–Kier alpha value is -3.24. The zero-order valence-corrected chi connectivity index (χ0v) is 23.5. The minimum Gasteiger partial charge on any atom is -0.545 e. The second-order valence-corrected chi connectivity index (χ2v) is 9.07. The normalized spacial score (nSPS) is 12.9. The van der Waals surface area contributed by atoms with Crippen molar-refractivity contribution in [3.63, 3.8) is 0 Å². The van der Waals surface area contributed by atoms with Gasteiger partial charge in [0.2, 0.25) is 0 Å². The van der Waals surface area contributed by atoms with Crippen molar-refractivity contribution in [3.05, 3.63) is 82.9 Å². The van der Waals surface area contributed by atoms with Crippen molar-refractivity contribution in [1.82, 2.24) is 8.75 Å².